The second kappa shape index (κ2) is 6.54. The fraction of sp³-hybridized carbons (Fsp3) is 0.200. The largest absolute Gasteiger partial charge is 0.348 e. The minimum atomic E-state index is 0.922. The molecule has 0 atom stereocenters. The van der Waals surface area contributed by atoms with Crippen LogP contribution in [0.25, 0.3) is 11.4 Å². The van der Waals surface area contributed by atoms with E-state index in [1.165, 1.54) is 0 Å². The first-order chi connectivity index (χ1) is 9.29. The number of benzene rings is 1. The maximum Gasteiger partial charge on any atom is 0.137 e. The molecule has 2 aromatic heterocycles. The topological polar surface area (TPSA) is 57.4 Å². The highest BCUT2D eigenvalue weighted by Gasteiger charge is 1.95. The quantitative estimate of drug-likeness (QED) is 0.736. The van der Waals surface area contributed by atoms with Gasteiger partial charge in [-0.05, 0) is 6.92 Å². The molecule has 0 amide bonds. The van der Waals surface area contributed by atoms with E-state index in [0.717, 1.165) is 29.3 Å². The van der Waals surface area contributed by atoms with E-state index in [0.29, 0.717) is 0 Å². The molecule has 4 nitrogen and oxygen atoms in total. The zero-order valence-electron chi connectivity index (χ0n) is 11.2. The van der Waals surface area contributed by atoms with Gasteiger partial charge in [-0.3, -0.25) is 0 Å². The minimum absolute atomic E-state index is 0.922. The van der Waals surface area contributed by atoms with Crippen molar-refractivity contribution < 1.29 is 0 Å². The van der Waals surface area contributed by atoms with Crippen LogP contribution in [0.15, 0.2) is 48.9 Å². The molecule has 0 aliphatic heterocycles. The summed E-state index contributed by atoms with van der Waals surface area (Å²) >= 11 is 0. The summed E-state index contributed by atoms with van der Waals surface area (Å²) < 4.78 is 0. The van der Waals surface area contributed by atoms with Gasteiger partial charge in [0.15, 0.2) is 0 Å². The van der Waals surface area contributed by atoms with Crippen LogP contribution in [0.4, 0.5) is 0 Å². The molecular weight excluding hydrogens is 236 g/mol. The summed E-state index contributed by atoms with van der Waals surface area (Å²) in [6.07, 6.45) is 6.48. The van der Waals surface area contributed by atoms with Crippen molar-refractivity contribution in [3.8, 4) is 11.4 Å². The lowest BCUT2D eigenvalue weighted by Gasteiger charge is -1.92. The Balaban J connectivity index is 0.000000148. The van der Waals surface area contributed by atoms with Crippen LogP contribution in [-0.4, -0.2) is 19.9 Å². The van der Waals surface area contributed by atoms with Crippen molar-refractivity contribution in [1.29, 1.82) is 0 Å². The summed E-state index contributed by atoms with van der Waals surface area (Å²) in [5.74, 6) is 1.99. The second-order valence-electron chi connectivity index (χ2n) is 4.15. The van der Waals surface area contributed by atoms with Gasteiger partial charge in [0, 0.05) is 30.6 Å². The number of hydrogen-bond acceptors (Lipinski definition) is 2. The van der Waals surface area contributed by atoms with Crippen LogP contribution >= 0.6 is 0 Å². The minimum Gasteiger partial charge on any atom is -0.348 e. The van der Waals surface area contributed by atoms with E-state index < -0.39 is 0 Å². The van der Waals surface area contributed by atoms with Crippen molar-refractivity contribution >= 4 is 0 Å². The molecule has 0 radical (unpaired) electrons. The maximum atomic E-state index is 4.17. The molecule has 0 unspecified atom stereocenters. The third-order valence-corrected chi connectivity index (χ3v) is 2.64. The second-order valence-corrected chi connectivity index (χ2v) is 4.15. The Labute approximate surface area is 113 Å². The number of aromatic amines is 2. The first-order valence-corrected chi connectivity index (χ1v) is 6.35. The predicted octanol–water partition coefficient (Wildman–Crippen LogP) is 3.36. The summed E-state index contributed by atoms with van der Waals surface area (Å²) in [6.45, 7) is 4.06. The Hall–Kier alpha value is -2.36. The van der Waals surface area contributed by atoms with Gasteiger partial charge in [-0.2, -0.15) is 0 Å². The summed E-state index contributed by atoms with van der Waals surface area (Å²) in [7, 11) is 0. The van der Waals surface area contributed by atoms with E-state index in [9.17, 15) is 0 Å². The van der Waals surface area contributed by atoms with E-state index >= 15 is 0 Å². The number of rotatable bonds is 2. The zero-order valence-corrected chi connectivity index (χ0v) is 11.2. The number of H-pyrrole nitrogens is 2. The van der Waals surface area contributed by atoms with Crippen LogP contribution in [0.2, 0.25) is 0 Å². The number of nitrogens with zero attached hydrogens (tertiary/aromatic N) is 2. The molecule has 3 aromatic rings. The van der Waals surface area contributed by atoms with Crippen LogP contribution < -0.4 is 0 Å². The molecule has 0 aliphatic carbocycles. The molecule has 4 heteroatoms. The van der Waals surface area contributed by atoms with E-state index in [4.69, 9.17) is 0 Å². The summed E-state index contributed by atoms with van der Waals surface area (Å²) in [4.78, 5) is 14.4. The summed E-state index contributed by atoms with van der Waals surface area (Å²) in [5.41, 5.74) is 2.19. The monoisotopic (exact) mass is 254 g/mol. The maximum absolute atomic E-state index is 4.17. The molecule has 0 fully saturated rings. The molecule has 2 N–H and O–H groups in total. The van der Waals surface area contributed by atoms with Crippen molar-refractivity contribution in [3.63, 3.8) is 0 Å². The standard InChI is InChI=1S/C9H8N2.C6H10N2/c1-2-4-8(5-3-1)9-10-6-7-11-9;1-3-6-7-4-5(2)8-6/h1-7H,(H,10,11);4H,3H2,1-2H3,(H,7,8). The van der Waals surface area contributed by atoms with Crippen molar-refractivity contribution in [2.75, 3.05) is 0 Å². The van der Waals surface area contributed by atoms with E-state index in [2.05, 4.69) is 26.9 Å². The third-order valence-electron chi connectivity index (χ3n) is 2.64. The van der Waals surface area contributed by atoms with Crippen LogP contribution in [0, 0.1) is 6.92 Å². The molecule has 0 saturated heterocycles. The average molecular weight is 254 g/mol. The van der Waals surface area contributed by atoms with Crippen molar-refractivity contribution in [3.05, 3.63) is 60.4 Å². The van der Waals surface area contributed by atoms with Crippen molar-refractivity contribution in [2.24, 2.45) is 0 Å². The van der Waals surface area contributed by atoms with Gasteiger partial charge in [-0.15, -0.1) is 0 Å². The Kier molecular flexibility index (Phi) is 4.50. The Morgan fingerprint density at radius 1 is 1.11 bits per heavy atom. The molecule has 0 bridgehead atoms. The van der Waals surface area contributed by atoms with Gasteiger partial charge in [0.05, 0.1) is 5.69 Å². The highest BCUT2D eigenvalue weighted by Crippen LogP contribution is 2.11. The third kappa shape index (κ3) is 3.81. The molecule has 98 valence electrons. The zero-order chi connectivity index (χ0) is 13.5. The lowest BCUT2D eigenvalue weighted by molar-refractivity contribution is 0.982. The molecule has 0 spiro atoms. The van der Waals surface area contributed by atoms with Gasteiger partial charge in [0.1, 0.15) is 11.6 Å². The molecular formula is C15H18N4. The average Bonchev–Trinajstić information content (AvgIpc) is 3.11. The van der Waals surface area contributed by atoms with Gasteiger partial charge in [0.25, 0.3) is 0 Å². The Morgan fingerprint density at radius 2 is 1.89 bits per heavy atom. The summed E-state index contributed by atoms with van der Waals surface area (Å²) in [6, 6.07) is 10.0. The van der Waals surface area contributed by atoms with Crippen molar-refractivity contribution in [1.82, 2.24) is 19.9 Å². The number of nitrogens with one attached hydrogen (secondary N) is 2. The Bertz CT molecular complexity index is 582. The van der Waals surface area contributed by atoms with Gasteiger partial charge in [0.2, 0.25) is 0 Å². The fourth-order valence-corrected chi connectivity index (χ4v) is 1.67. The fourth-order valence-electron chi connectivity index (χ4n) is 1.67. The lowest BCUT2D eigenvalue weighted by atomic mass is 10.2. The molecule has 1 aromatic carbocycles. The summed E-state index contributed by atoms with van der Waals surface area (Å²) in [5, 5.41) is 0. The molecule has 3 rings (SSSR count). The van der Waals surface area contributed by atoms with Crippen LogP contribution in [0.1, 0.15) is 18.4 Å². The van der Waals surface area contributed by atoms with Gasteiger partial charge < -0.3 is 9.97 Å². The number of hydrogen-bond donors (Lipinski definition) is 2. The van der Waals surface area contributed by atoms with Gasteiger partial charge >= 0.3 is 0 Å². The number of imidazole rings is 2. The lowest BCUT2D eigenvalue weighted by Crippen LogP contribution is -1.80. The van der Waals surface area contributed by atoms with E-state index in [1.807, 2.05) is 49.6 Å². The normalized spacial score (nSPS) is 9.79. The predicted molar refractivity (Wildman–Crippen MR) is 76.7 cm³/mol. The number of aryl methyl sites for hydroxylation is 2. The smallest absolute Gasteiger partial charge is 0.137 e. The molecule has 19 heavy (non-hydrogen) atoms. The molecule has 0 aliphatic rings. The molecule has 0 saturated carbocycles. The Morgan fingerprint density at radius 3 is 2.37 bits per heavy atom. The highest BCUT2D eigenvalue weighted by molar-refractivity contribution is 5.53. The van der Waals surface area contributed by atoms with Gasteiger partial charge in [-0.1, -0.05) is 37.3 Å². The van der Waals surface area contributed by atoms with Gasteiger partial charge in [-0.25, -0.2) is 9.97 Å². The first-order valence-electron chi connectivity index (χ1n) is 6.35. The van der Waals surface area contributed by atoms with Crippen LogP contribution in [0.3, 0.4) is 0 Å². The highest BCUT2D eigenvalue weighted by atomic mass is 14.9. The number of aromatic nitrogens is 4. The first kappa shape index (κ1) is 13.1. The SMILES string of the molecule is CCc1nc(C)c[nH]1.c1ccc(-c2ncc[nH]2)cc1. The van der Waals surface area contributed by atoms with Crippen LogP contribution in [0.5, 0.6) is 0 Å². The molecule has 2 heterocycles. The van der Waals surface area contributed by atoms with Crippen LogP contribution in [-0.2, 0) is 6.42 Å². The van der Waals surface area contributed by atoms with Crippen molar-refractivity contribution in [2.45, 2.75) is 20.3 Å². The van der Waals surface area contributed by atoms with E-state index in [1.54, 1.807) is 6.20 Å². The van der Waals surface area contributed by atoms with E-state index in [-0.39, 0.29) is 0 Å².